The molecule has 14 heteroatoms. The zero-order valence-corrected chi connectivity index (χ0v) is 18.9. The van der Waals surface area contributed by atoms with E-state index in [2.05, 4.69) is 25.0 Å². The van der Waals surface area contributed by atoms with E-state index in [1.807, 2.05) is 4.68 Å². The van der Waals surface area contributed by atoms with Crippen molar-refractivity contribution in [1.29, 1.82) is 0 Å². The summed E-state index contributed by atoms with van der Waals surface area (Å²) in [6.45, 7) is 2.96. The first-order valence-corrected chi connectivity index (χ1v) is 12.4. The number of nitrogens with zero attached hydrogens (tertiary/aromatic N) is 8. The minimum absolute atomic E-state index is 0.125. The lowest BCUT2D eigenvalue weighted by atomic mass is 9.80. The van der Waals surface area contributed by atoms with Gasteiger partial charge in [0.15, 0.2) is 11.8 Å². The highest BCUT2D eigenvalue weighted by molar-refractivity contribution is 7.47. The van der Waals surface area contributed by atoms with Gasteiger partial charge in [-0.2, -0.15) is 18.3 Å². The van der Waals surface area contributed by atoms with Crippen LogP contribution in [0.4, 0.5) is 24.9 Å². The average molecular weight is 493 g/mol. The lowest BCUT2D eigenvalue weighted by Crippen LogP contribution is -2.43. The van der Waals surface area contributed by atoms with E-state index in [-0.39, 0.29) is 17.4 Å². The van der Waals surface area contributed by atoms with Crippen LogP contribution in [0.3, 0.4) is 0 Å². The predicted octanol–water partition coefficient (Wildman–Crippen LogP) is 3.06. The highest BCUT2D eigenvalue weighted by Crippen LogP contribution is 2.51. The van der Waals surface area contributed by atoms with Crippen LogP contribution in [0, 0.1) is 5.41 Å². The Morgan fingerprint density at radius 3 is 2.62 bits per heavy atom. The zero-order chi connectivity index (χ0) is 23.5. The molecule has 0 radical (unpaired) electrons. The summed E-state index contributed by atoms with van der Waals surface area (Å²) in [5.74, 6) is 0.629. The van der Waals surface area contributed by atoms with E-state index >= 15 is 0 Å². The van der Waals surface area contributed by atoms with Gasteiger partial charge in [0.1, 0.15) is 23.1 Å². The molecule has 0 bridgehead atoms. The Hall–Kier alpha value is -2.92. The molecule has 3 fully saturated rings. The Balaban J connectivity index is 1.17. The van der Waals surface area contributed by atoms with Gasteiger partial charge in [-0.15, -0.1) is 4.67 Å². The molecule has 6 heterocycles. The number of ether oxygens (including phenoxy) is 1. The maximum absolute atomic E-state index is 13.1. The smallest absolute Gasteiger partial charge is 0.377 e. The summed E-state index contributed by atoms with van der Waals surface area (Å²) in [7, 11) is -1.90. The van der Waals surface area contributed by atoms with Crippen LogP contribution in [0.1, 0.15) is 24.6 Å². The first-order valence-electron chi connectivity index (χ1n) is 11.0. The number of fused-ring (bicyclic) bond motifs is 1. The number of halogens is 3. The van der Waals surface area contributed by atoms with Crippen LogP contribution in [-0.4, -0.2) is 68.7 Å². The summed E-state index contributed by atoms with van der Waals surface area (Å²) >= 11 is 0. The monoisotopic (exact) mass is 493 g/mol. The van der Waals surface area contributed by atoms with Crippen molar-refractivity contribution in [2.75, 3.05) is 48.6 Å². The van der Waals surface area contributed by atoms with E-state index in [0.717, 1.165) is 42.1 Å². The maximum atomic E-state index is 13.1. The largest absolute Gasteiger partial charge is 0.465 e. The molecule has 1 unspecified atom stereocenters. The predicted molar refractivity (Wildman–Crippen MR) is 116 cm³/mol. The number of alkyl halides is 3. The molecular weight excluding hydrogens is 472 g/mol. The van der Waals surface area contributed by atoms with E-state index in [0.29, 0.717) is 39.0 Å². The lowest BCUT2D eigenvalue weighted by molar-refractivity contribution is -0.141. The Labute approximate surface area is 193 Å². The van der Waals surface area contributed by atoms with E-state index in [4.69, 9.17) is 9.72 Å². The Bertz CT molecular complexity index is 1260. The molecule has 1 atom stereocenters. The fraction of sp³-hybridized carbons (Fsp3) is 0.550. The van der Waals surface area contributed by atoms with Crippen LogP contribution in [-0.2, 0) is 15.5 Å². The Morgan fingerprint density at radius 1 is 1.12 bits per heavy atom. The molecule has 3 saturated heterocycles. The highest BCUT2D eigenvalue weighted by Gasteiger charge is 2.54. The van der Waals surface area contributed by atoms with Gasteiger partial charge < -0.3 is 9.64 Å². The van der Waals surface area contributed by atoms with Crippen molar-refractivity contribution < 1.29 is 22.5 Å². The number of piperidine rings is 1. The minimum atomic E-state index is -4.57. The van der Waals surface area contributed by atoms with Gasteiger partial charge in [-0.05, 0) is 23.5 Å². The molecule has 0 amide bonds. The lowest BCUT2D eigenvalue weighted by Gasteiger charge is -2.37. The molecule has 6 rings (SSSR count). The van der Waals surface area contributed by atoms with Gasteiger partial charge in [-0.3, -0.25) is 0 Å². The van der Waals surface area contributed by atoms with Crippen LogP contribution < -0.4 is 9.57 Å². The highest BCUT2D eigenvalue weighted by atomic mass is 31.1. The number of hydrogen-bond donors (Lipinski definition) is 0. The zero-order valence-electron chi connectivity index (χ0n) is 18.0. The summed E-state index contributed by atoms with van der Waals surface area (Å²) in [6, 6.07) is 0.994. The summed E-state index contributed by atoms with van der Waals surface area (Å²) in [5, 5.41) is 4.40. The number of anilines is 2. The summed E-state index contributed by atoms with van der Waals surface area (Å²) < 4.78 is 60.6. The van der Waals surface area contributed by atoms with Crippen molar-refractivity contribution in [2.24, 2.45) is 5.41 Å². The SMILES string of the molecule is O=[P+]1CC2(CCN(c3cnc4cnn(C5COC5)c4n3)CC2)CN1c1nccc(C(F)(F)F)n1. The van der Waals surface area contributed by atoms with Crippen LogP contribution in [0.5, 0.6) is 0 Å². The molecule has 0 N–H and O–H groups in total. The van der Waals surface area contributed by atoms with Gasteiger partial charge >= 0.3 is 14.1 Å². The van der Waals surface area contributed by atoms with Gasteiger partial charge in [0.05, 0.1) is 32.2 Å². The van der Waals surface area contributed by atoms with Gasteiger partial charge in [0, 0.05) is 24.7 Å². The number of hydrogen-bond acceptors (Lipinski definition) is 8. The second-order valence-electron chi connectivity index (χ2n) is 9.01. The van der Waals surface area contributed by atoms with Gasteiger partial charge in [-0.1, -0.05) is 0 Å². The third-order valence-electron chi connectivity index (χ3n) is 6.79. The molecule has 0 saturated carbocycles. The molecule has 34 heavy (non-hydrogen) atoms. The summed E-state index contributed by atoms with van der Waals surface area (Å²) in [6.07, 6.45) is 1.82. The molecule has 3 aliphatic rings. The molecule has 3 aromatic heterocycles. The number of aromatic nitrogens is 6. The molecule has 1 spiro atoms. The van der Waals surface area contributed by atoms with Crippen LogP contribution in [0.2, 0.25) is 0 Å². The van der Waals surface area contributed by atoms with Crippen LogP contribution >= 0.6 is 7.95 Å². The van der Waals surface area contributed by atoms with Crippen molar-refractivity contribution in [3.8, 4) is 0 Å². The van der Waals surface area contributed by atoms with Gasteiger partial charge in [0.2, 0.25) is 0 Å². The van der Waals surface area contributed by atoms with Crippen molar-refractivity contribution in [1.82, 2.24) is 29.7 Å². The van der Waals surface area contributed by atoms with E-state index in [1.165, 1.54) is 4.67 Å². The quantitative estimate of drug-likeness (QED) is 0.510. The first kappa shape index (κ1) is 21.6. The molecule has 3 aliphatic heterocycles. The Kier molecular flexibility index (Phi) is 4.96. The van der Waals surface area contributed by atoms with Crippen LogP contribution in [0.25, 0.3) is 11.2 Å². The van der Waals surface area contributed by atoms with Gasteiger partial charge in [0.25, 0.3) is 5.95 Å². The average Bonchev–Trinajstić information content (AvgIpc) is 3.33. The maximum Gasteiger partial charge on any atom is 0.465 e. The van der Waals surface area contributed by atoms with Crippen molar-refractivity contribution in [3.63, 3.8) is 0 Å². The number of rotatable bonds is 3. The summed E-state index contributed by atoms with van der Waals surface area (Å²) in [4.78, 5) is 19.1. The van der Waals surface area contributed by atoms with E-state index in [9.17, 15) is 17.7 Å². The molecular formula is C20H21F3N8O2P+. The fourth-order valence-corrected chi connectivity index (χ4v) is 6.66. The molecule has 0 aliphatic carbocycles. The fourth-order valence-electron chi connectivity index (χ4n) is 4.74. The van der Waals surface area contributed by atoms with E-state index in [1.54, 1.807) is 12.4 Å². The van der Waals surface area contributed by atoms with Crippen molar-refractivity contribution in [3.05, 3.63) is 30.4 Å². The van der Waals surface area contributed by atoms with Crippen LogP contribution in [0.15, 0.2) is 24.7 Å². The molecule has 178 valence electrons. The third kappa shape index (κ3) is 3.67. The second kappa shape index (κ2) is 7.81. The van der Waals surface area contributed by atoms with Crippen molar-refractivity contribution in [2.45, 2.75) is 25.1 Å². The summed E-state index contributed by atoms with van der Waals surface area (Å²) in [5.41, 5.74) is 0.166. The Morgan fingerprint density at radius 2 is 1.91 bits per heavy atom. The molecule has 10 nitrogen and oxygen atoms in total. The standard InChI is InChI=1S/C20H21F3N8O2P/c21-20(22,23)15-1-4-24-18(27-15)30-11-19(12-34(30)32)2-5-29(6-3-19)16-8-25-14-7-26-31(17(14)28-16)13-9-33-10-13/h1,4,7-8,13H,2-3,5-6,9-12H2/q+1. The first-order chi connectivity index (χ1) is 16.3. The molecule has 0 aromatic carbocycles. The van der Waals surface area contributed by atoms with Crippen molar-refractivity contribution >= 4 is 30.9 Å². The van der Waals surface area contributed by atoms with Gasteiger partial charge in [-0.25, -0.2) is 24.6 Å². The third-order valence-corrected chi connectivity index (χ3v) is 8.59. The second-order valence-corrected chi connectivity index (χ2v) is 10.5. The molecule has 3 aromatic rings. The normalized spacial score (nSPS) is 22.0. The minimum Gasteiger partial charge on any atom is -0.377 e. The topological polar surface area (TPSA) is 102 Å². The van der Waals surface area contributed by atoms with E-state index < -0.39 is 19.8 Å².